The molecule has 16 heteroatoms. The van der Waals surface area contributed by atoms with Crippen LogP contribution in [0.2, 0.25) is 0 Å². The molecule has 0 N–H and O–H groups in total. The molecule has 25 heavy (non-hydrogen) atoms. The number of hydrogen-bond acceptors (Lipinski definition) is 1. The van der Waals surface area contributed by atoms with E-state index in [0.717, 1.165) is 0 Å². The molecule has 1 atom stereocenters. The maximum absolute atomic E-state index is 13.1. The minimum Gasteiger partial charge on any atom is -0.337 e. The maximum Gasteiger partial charge on any atom is 0.460 e. The Morgan fingerprint density at radius 2 is 0.920 bits per heavy atom. The first kappa shape index (κ1) is 23.6. The molecule has 0 heterocycles. The van der Waals surface area contributed by atoms with Gasteiger partial charge in [0.25, 0.3) is 0 Å². The van der Waals surface area contributed by atoms with Gasteiger partial charge < -0.3 is 4.74 Å². The van der Waals surface area contributed by atoms with E-state index in [2.05, 4.69) is 4.74 Å². The van der Waals surface area contributed by atoms with Crippen molar-refractivity contribution in [2.75, 3.05) is 7.11 Å². The van der Waals surface area contributed by atoms with Crippen LogP contribution < -0.4 is 0 Å². The van der Waals surface area contributed by atoms with E-state index in [9.17, 15) is 65.9 Å². The van der Waals surface area contributed by atoms with Gasteiger partial charge in [0, 0.05) is 7.11 Å². The van der Waals surface area contributed by atoms with Crippen molar-refractivity contribution in [2.24, 2.45) is 0 Å². The predicted octanol–water partition coefficient (Wildman–Crippen LogP) is 5.48. The minimum absolute atomic E-state index is 0.416. The Morgan fingerprint density at radius 3 is 1.16 bits per heavy atom. The monoisotopic (exact) mass is 412 g/mol. The van der Waals surface area contributed by atoms with Crippen molar-refractivity contribution in [2.45, 2.75) is 36.0 Å². The van der Waals surface area contributed by atoms with Gasteiger partial charge in [0.1, 0.15) is 0 Å². The summed E-state index contributed by atoms with van der Waals surface area (Å²) in [7, 11) is -0.416. The van der Waals surface area contributed by atoms with Crippen LogP contribution in [0.1, 0.15) is 0 Å². The summed E-state index contributed by atoms with van der Waals surface area (Å²) in [6.07, 6.45) is -14.2. The van der Waals surface area contributed by atoms with Crippen molar-refractivity contribution in [1.29, 1.82) is 0 Å². The van der Waals surface area contributed by atoms with Gasteiger partial charge in [-0.3, -0.25) is 0 Å². The van der Waals surface area contributed by atoms with Crippen molar-refractivity contribution in [3.8, 4) is 0 Å². The molecule has 1 nitrogen and oxygen atoms in total. The average Bonchev–Trinajstić information content (AvgIpc) is 2.41. The number of allylic oxidation sites excluding steroid dienone is 1. The van der Waals surface area contributed by atoms with E-state index < -0.39 is 54.7 Å². The lowest BCUT2D eigenvalue weighted by Gasteiger charge is -2.33. The summed E-state index contributed by atoms with van der Waals surface area (Å²) < 4.78 is 190. The van der Waals surface area contributed by atoms with Gasteiger partial charge in [-0.1, -0.05) is 0 Å². The highest BCUT2D eigenvalue weighted by Crippen LogP contribution is 2.57. The quantitative estimate of drug-likeness (QED) is 0.544. The summed E-state index contributed by atoms with van der Waals surface area (Å²) in [4.78, 5) is 0. The van der Waals surface area contributed by atoms with E-state index in [-0.39, 0.29) is 0 Å². The number of halogens is 15. The fraction of sp³-hybridized carbons (Fsp3) is 0.778. The molecule has 0 bridgehead atoms. The third-order valence-corrected chi connectivity index (χ3v) is 2.54. The summed E-state index contributed by atoms with van der Waals surface area (Å²) in [6.45, 7) is 0. The molecule has 0 radical (unpaired) electrons. The second kappa shape index (κ2) is 6.12. The van der Waals surface area contributed by atoms with Crippen LogP contribution in [0, 0.1) is 0 Å². The zero-order valence-corrected chi connectivity index (χ0v) is 11.1. The van der Waals surface area contributed by atoms with Crippen LogP contribution in [0.25, 0.3) is 0 Å². The fourth-order valence-corrected chi connectivity index (χ4v) is 1.12. The lowest BCUT2D eigenvalue weighted by Crippen LogP contribution is -2.61. The maximum atomic E-state index is 13.1. The Balaban J connectivity index is 6.52. The minimum atomic E-state index is -7.83. The SMILES string of the molecule is COC(F)(C(F)=C(F)C(F)(F)C(F)(F)C(F)(F)C(F)(F)F)C(F)(F)F. The Kier molecular flexibility index (Phi) is 5.79. The first-order valence-corrected chi connectivity index (χ1v) is 5.20. The molecule has 0 aromatic heterocycles. The van der Waals surface area contributed by atoms with Gasteiger partial charge >= 0.3 is 36.0 Å². The summed E-state index contributed by atoms with van der Waals surface area (Å²) in [5, 5.41) is 0. The van der Waals surface area contributed by atoms with Crippen LogP contribution in [0.3, 0.4) is 0 Å². The first-order valence-electron chi connectivity index (χ1n) is 5.20. The molecule has 0 aliphatic carbocycles. The molecule has 0 amide bonds. The molecule has 0 saturated carbocycles. The summed E-state index contributed by atoms with van der Waals surface area (Å²) in [5.74, 6) is -38.7. The third-order valence-electron chi connectivity index (χ3n) is 2.54. The Morgan fingerprint density at radius 1 is 0.560 bits per heavy atom. The highest BCUT2D eigenvalue weighted by molar-refractivity contribution is 5.23. The second-order valence-electron chi connectivity index (χ2n) is 4.15. The molecular formula is C9H3F15O. The van der Waals surface area contributed by atoms with Gasteiger partial charge in [0.05, 0.1) is 0 Å². The van der Waals surface area contributed by atoms with E-state index in [0.29, 0.717) is 0 Å². The van der Waals surface area contributed by atoms with E-state index >= 15 is 0 Å². The summed E-state index contributed by atoms with van der Waals surface area (Å²) in [6, 6.07) is 0. The van der Waals surface area contributed by atoms with Crippen LogP contribution in [0.5, 0.6) is 0 Å². The molecule has 150 valence electrons. The Bertz CT molecular complexity index is 526. The Hall–Kier alpha value is -1.35. The van der Waals surface area contributed by atoms with Gasteiger partial charge in [-0.2, -0.15) is 57.1 Å². The highest BCUT2D eigenvalue weighted by atomic mass is 19.4. The highest BCUT2D eigenvalue weighted by Gasteiger charge is 2.83. The molecule has 0 rings (SSSR count). The van der Waals surface area contributed by atoms with Crippen molar-refractivity contribution in [1.82, 2.24) is 0 Å². The van der Waals surface area contributed by atoms with Crippen LogP contribution >= 0.6 is 0 Å². The van der Waals surface area contributed by atoms with Gasteiger partial charge in [-0.15, -0.1) is 0 Å². The van der Waals surface area contributed by atoms with Crippen molar-refractivity contribution >= 4 is 0 Å². The average molecular weight is 412 g/mol. The molecule has 0 spiro atoms. The topological polar surface area (TPSA) is 9.23 Å². The lowest BCUT2D eigenvalue weighted by atomic mass is 10.0. The number of methoxy groups -OCH3 is 1. The Labute approximate surface area is 127 Å². The summed E-state index contributed by atoms with van der Waals surface area (Å²) in [5.41, 5.74) is 0. The first-order chi connectivity index (χ1) is 10.6. The van der Waals surface area contributed by atoms with Crippen molar-refractivity contribution in [3.63, 3.8) is 0 Å². The van der Waals surface area contributed by atoms with E-state index in [1.807, 2.05) is 0 Å². The zero-order valence-electron chi connectivity index (χ0n) is 11.1. The smallest absolute Gasteiger partial charge is 0.337 e. The zero-order chi connectivity index (χ0) is 20.9. The molecule has 0 fully saturated rings. The lowest BCUT2D eigenvalue weighted by molar-refractivity contribution is -0.392. The van der Waals surface area contributed by atoms with Crippen LogP contribution in [-0.2, 0) is 4.74 Å². The van der Waals surface area contributed by atoms with Gasteiger partial charge in [0.2, 0.25) is 11.7 Å². The fourth-order valence-electron chi connectivity index (χ4n) is 1.12. The number of hydrogen-bond donors (Lipinski definition) is 0. The van der Waals surface area contributed by atoms with Crippen molar-refractivity contribution in [3.05, 3.63) is 11.7 Å². The molecule has 0 aliphatic heterocycles. The number of alkyl halides is 13. The molecule has 0 saturated heterocycles. The van der Waals surface area contributed by atoms with Crippen LogP contribution in [0.4, 0.5) is 65.9 Å². The van der Waals surface area contributed by atoms with Gasteiger partial charge in [-0.05, 0) is 0 Å². The summed E-state index contributed by atoms with van der Waals surface area (Å²) >= 11 is 0. The third kappa shape index (κ3) is 3.36. The standard InChI is InChI=1S/C9H3F15O/c1-25-5(14,8(19,20)21)3(11)2(10)4(12,13)6(15,16)7(17,18)9(22,23)24/h1H3. The van der Waals surface area contributed by atoms with Gasteiger partial charge in [-0.25, -0.2) is 8.78 Å². The second-order valence-corrected chi connectivity index (χ2v) is 4.15. The van der Waals surface area contributed by atoms with E-state index in [4.69, 9.17) is 0 Å². The number of rotatable bonds is 5. The van der Waals surface area contributed by atoms with Crippen LogP contribution in [0.15, 0.2) is 11.7 Å². The van der Waals surface area contributed by atoms with E-state index in [1.165, 1.54) is 0 Å². The van der Waals surface area contributed by atoms with Crippen LogP contribution in [-0.4, -0.2) is 43.1 Å². The molecule has 0 aliphatic rings. The number of ether oxygens (including phenoxy) is 1. The van der Waals surface area contributed by atoms with Gasteiger partial charge in [0.15, 0.2) is 0 Å². The molecule has 0 aromatic carbocycles. The predicted molar refractivity (Wildman–Crippen MR) is 47.0 cm³/mol. The van der Waals surface area contributed by atoms with Crippen molar-refractivity contribution < 1.29 is 70.6 Å². The normalized spacial score (nSPS) is 18.7. The molecular weight excluding hydrogens is 409 g/mol. The molecule has 0 aromatic rings. The largest absolute Gasteiger partial charge is 0.460 e. The van der Waals surface area contributed by atoms with E-state index in [1.54, 1.807) is 0 Å². The molecule has 1 unspecified atom stereocenters.